The monoisotopic (exact) mass is 526 g/mol. The van der Waals surface area contributed by atoms with Crippen molar-refractivity contribution in [3.05, 3.63) is 76.4 Å². The van der Waals surface area contributed by atoms with Gasteiger partial charge in [0.25, 0.3) is 0 Å². The summed E-state index contributed by atoms with van der Waals surface area (Å²) >= 11 is 1.71. The standard InChI is InChI=1S/C21H23FN4OS.HI/c1-15(17-8-10-28-14-17)12-25-21(23-2)26-13-16-7-9-24-20(11-16)27-19-5-3-18(22)4-6-19;/h3-11,14-15H,12-13H2,1-2H3,(H2,23,25,26);1H. The third kappa shape index (κ3) is 7.28. The molecule has 0 aliphatic heterocycles. The van der Waals surface area contributed by atoms with Crippen molar-refractivity contribution in [2.75, 3.05) is 13.6 Å². The van der Waals surface area contributed by atoms with Crippen LogP contribution in [0.5, 0.6) is 11.6 Å². The maximum atomic E-state index is 13.0. The van der Waals surface area contributed by atoms with E-state index >= 15 is 0 Å². The van der Waals surface area contributed by atoms with Crippen molar-refractivity contribution in [2.24, 2.45) is 4.99 Å². The van der Waals surface area contributed by atoms with Crippen molar-refractivity contribution in [1.82, 2.24) is 15.6 Å². The molecule has 2 heterocycles. The molecule has 0 aliphatic carbocycles. The Hall–Kier alpha value is -2.20. The van der Waals surface area contributed by atoms with Gasteiger partial charge < -0.3 is 15.4 Å². The summed E-state index contributed by atoms with van der Waals surface area (Å²) in [7, 11) is 1.75. The predicted molar refractivity (Wildman–Crippen MR) is 127 cm³/mol. The second kappa shape index (κ2) is 11.7. The molecule has 2 N–H and O–H groups in total. The van der Waals surface area contributed by atoms with Crippen molar-refractivity contribution in [3.63, 3.8) is 0 Å². The van der Waals surface area contributed by atoms with E-state index in [1.54, 1.807) is 36.7 Å². The summed E-state index contributed by atoms with van der Waals surface area (Å²) in [6.07, 6.45) is 1.69. The summed E-state index contributed by atoms with van der Waals surface area (Å²) in [5.41, 5.74) is 2.32. The molecule has 0 amide bonds. The summed E-state index contributed by atoms with van der Waals surface area (Å²) in [5.74, 6) is 1.84. The quantitative estimate of drug-likeness (QED) is 0.254. The zero-order valence-corrected chi connectivity index (χ0v) is 19.4. The summed E-state index contributed by atoms with van der Waals surface area (Å²) in [4.78, 5) is 8.47. The van der Waals surface area contributed by atoms with Crippen LogP contribution in [0, 0.1) is 5.82 Å². The van der Waals surface area contributed by atoms with E-state index in [0.717, 1.165) is 18.1 Å². The van der Waals surface area contributed by atoms with Crippen LogP contribution in [0.2, 0.25) is 0 Å². The van der Waals surface area contributed by atoms with Gasteiger partial charge in [0.1, 0.15) is 11.6 Å². The number of halogens is 2. The van der Waals surface area contributed by atoms with Crippen molar-refractivity contribution in [1.29, 1.82) is 0 Å². The molecule has 2 aromatic heterocycles. The number of guanidine groups is 1. The van der Waals surface area contributed by atoms with Gasteiger partial charge in [-0.1, -0.05) is 6.92 Å². The minimum atomic E-state index is -0.301. The number of nitrogens with zero attached hydrogens (tertiary/aromatic N) is 2. The molecular weight excluding hydrogens is 502 g/mol. The second-order valence-electron chi connectivity index (χ2n) is 6.32. The molecule has 0 bridgehead atoms. The van der Waals surface area contributed by atoms with Gasteiger partial charge in [0.2, 0.25) is 5.88 Å². The summed E-state index contributed by atoms with van der Waals surface area (Å²) in [5, 5.41) is 10.9. The topological polar surface area (TPSA) is 58.5 Å². The molecule has 1 aromatic carbocycles. The fraction of sp³-hybridized carbons (Fsp3) is 0.238. The predicted octanol–water partition coefficient (Wildman–Crippen LogP) is 5.16. The van der Waals surface area contributed by atoms with E-state index in [4.69, 9.17) is 4.74 Å². The number of aromatic nitrogens is 1. The van der Waals surface area contributed by atoms with Crippen molar-refractivity contribution >= 4 is 41.3 Å². The van der Waals surface area contributed by atoms with Crippen molar-refractivity contribution in [2.45, 2.75) is 19.4 Å². The molecule has 0 saturated carbocycles. The van der Waals surface area contributed by atoms with Gasteiger partial charge >= 0.3 is 0 Å². The molecule has 1 unspecified atom stereocenters. The number of rotatable bonds is 7. The Kier molecular flexibility index (Phi) is 9.33. The molecular formula is C21H24FIN4OS. The molecule has 0 fully saturated rings. The lowest BCUT2D eigenvalue weighted by molar-refractivity contribution is 0.460. The van der Waals surface area contributed by atoms with E-state index in [-0.39, 0.29) is 29.8 Å². The van der Waals surface area contributed by atoms with Crippen LogP contribution in [0.15, 0.2) is 64.4 Å². The normalized spacial score (nSPS) is 12.0. The zero-order chi connectivity index (χ0) is 19.8. The maximum absolute atomic E-state index is 13.0. The fourth-order valence-corrected chi connectivity index (χ4v) is 3.35. The Morgan fingerprint density at radius 1 is 1.21 bits per heavy atom. The first-order valence-electron chi connectivity index (χ1n) is 8.99. The van der Waals surface area contributed by atoms with Crippen LogP contribution in [-0.4, -0.2) is 24.5 Å². The Morgan fingerprint density at radius 3 is 2.69 bits per heavy atom. The summed E-state index contributed by atoms with van der Waals surface area (Å²) in [6.45, 7) is 3.56. The Bertz CT molecular complexity index is 903. The number of nitrogens with one attached hydrogen (secondary N) is 2. The Balaban J connectivity index is 0.00000300. The summed E-state index contributed by atoms with van der Waals surface area (Å²) in [6, 6.07) is 11.8. The molecule has 0 saturated heterocycles. The highest BCUT2D eigenvalue weighted by Gasteiger charge is 2.07. The average molecular weight is 526 g/mol. The molecule has 5 nitrogen and oxygen atoms in total. The third-order valence-corrected chi connectivity index (χ3v) is 4.91. The van der Waals surface area contributed by atoms with Gasteiger partial charge in [-0.3, -0.25) is 4.99 Å². The van der Waals surface area contributed by atoms with Gasteiger partial charge in [0.15, 0.2) is 5.96 Å². The SMILES string of the molecule is CN=C(NCc1ccnc(Oc2ccc(F)cc2)c1)NCC(C)c1ccsc1.I. The van der Waals surface area contributed by atoms with Gasteiger partial charge in [0, 0.05) is 32.4 Å². The van der Waals surface area contributed by atoms with Crippen LogP contribution < -0.4 is 15.4 Å². The maximum Gasteiger partial charge on any atom is 0.219 e. The molecule has 0 radical (unpaired) electrons. The third-order valence-electron chi connectivity index (χ3n) is 4.21. The van der Waals surface area contributed by atoms with E-state index in [2.05, 4.69) is 44.4 Å². The van der Waals surface area contributed by atoms with Crippen LogP contribution >= 0.6 is 35.3 Å². The highest BCUT2D eigenvalue weighted by molar-refractivity contribution is 14.0. The second-order valence-corrected chi connectivity index (χ2v) is 7.10. The number of ether oxygens (including phenoxy) is 1. The Labute approximate surface area is 191 Å². The van der Waals surface area contributed by atoms with E-state index in [1.165, 1.54) is 17.7 Å². The first kappa shape index (κ1) is 23.1. The number of hydrogen-bond acceptors (Lipinski definition) is 4. The molecule has 8 heteroatoms. The highest BCUT2D eigenvalue weighted by atomic mass is 127. The Morgan fingerprint density at radius 2 is 2.00 bits per heavy atom. The lowest BCUT2D eigenvalue weighted by Gasteiger charge is -2.15. The zero-order valence-electron chi connectivity index (χ0n) is 16.3. The van der Waals surface area contributed by atoms with E-state index in [0.29, 0.717) is 24.1 Å². The molecule has 154 valence electrons. The smallest absolute Gasteiger partial charge is 0.219 e. The van der Waals surface area contributed by atoms with Gasteiger partial charge in [-0.15, -0.1) is 24.0 Å². The minimum Gasteiger partial charge on any atom is -0.439 e. The number of aliphatic imine (C=N–C) groups is 1. The molecule has 0 spiro atoms. The largest absolute Gasteiger partial charge is 0.439 e. The molecule has 0 aliphatic rings. The molecule has 3 aromatic rings. The van der Waals surface area contributed by atoms with Gasteiger partial charge in [-0.2, -0.15) is 11.3 Å². The van der Waals surface area contributed by atoms with Crippen molar-refractivity contribution < 1.29 is 9.13 Å². The molecule has 1 atom stereocenters. The first-order chi connectivity index (χ1) is 13.6. The fourth-order valence-electron chi connectivity index (χ4n) is 2.57. The lowest BCUT2D eigenvalue weighted by atomic mass is 10.1. The van der Waals surface area contributed by atoms with Gasteiger partial charge in [-0.25, -0.2) is 9.37 Å². The molecule has 3 rings (SSSR count). The van der Waals surface area contributed by atoms with Crippen LogP contribution in [-0.2, 0) is 6.54 Å². The number of benzene rings is 1. The molecule has 29 heavy (non-hydrogen) atoms. The summed E-state index contributed by atoms with van der Waals surface area (Å²) < 4.78 is 18.7. The van der Waals surface area contributed by atoms with Crippen LogP contribution in [0.1, 0.15) is 24.0 Å². The van der Waals surface area contributed by atoms with E-state index in [1.807, 2.05) is 12.1 Å². The van der Waals surface area contributed by atoms with Gasteiger partial charge in [0.05, 0.1) is 0 Å². The number of thiophene rings is 1. The average Bonchev–Trinajstić information content (AvgIpc) is 3.25. The van der Waals surface area contributed by atoms with Crippen LogP contribution in [0.4, 0.5) is 4.39 Å². The minimum absolute atomic E-state index is 0. The van der Waals surface area contributed by atoms with Crippen LogP contribution in [0.3, 0.4) is 0 Å². The van der Waals surface area contributed by atoms with Gasteiger partial charge in [-0.05, 0) is 64.2 Å². The van der Waals surface area contributed by atoms with E-state index in [9.17, 15) is 4.39 Å². The first-order valence-corrected chi connectivity index (χ1v) is 9.93. The number of hydrogen-bond donors (Lipinski definition) is 2. The van der Waals surface area contributed by atoms with Crippen molar-refractivity contribution in [3.8, 4) is 11.6 Å². The van der Waals surface area contributed by atoms with E-state index < -0.39 is 0 Å². The lowest BCUT2D eigenvalue weighted by Crippen LogP contribution is -2.38. The van der Waals surface area contributed by atoms with Crippen LogP contribution in [0.25, 0.3) is 0 Å². The number of pyridine rings is 1. The highest BCUT2D eigenvalue weighted by Crippen LogP contribution is 2.20.